The Bertz CT molecular complexity index is 588. The Balaban J connectivity index is 3.10. The van der Waals surface area contributed by atoms with Gasteiger partial charge in [-0.25, -0.2) is 4.79 Å². The van der Waals surface area contributed by atoms with E-state index in [9.17, 15) is 9.59 Å². The third-order valence-electron chi connectivity index (χ3n) is 2.80. The lowest BCUT2D eigenvalue weighted by Gasteiger charge is -2.25. The van der Waals surface area contributed by atoms with Crippen molar-refractivity contribution in [3.05, 3.63) is 35.7 Å². The quantitative estimate of drug-likeness (QED) is 0.807. The summed E-state index contributed by atoms with van der Waals surface area (Å²) in [5.41, 5.74) is 0.620. The number of rotatable bonds is 6. The number of carbonyl (C=O) groups is 2. The molecule has 0 spiro atoms. The number of amides is 1. The Morgan fingerprint density at radius 2 is 2.24 bits per heavy atom. The molecule has 0 aromatic carbocycles. The van der Waals surface area contributed by atoms with Crippen LogP contribution in [0.4, 0.5) is 0 Å². The number of aromatic nitrogens is 1. The molecule has 0 aliphatic rings. The number of carboxylic acid groups (broad SMARTS) is 1. The fourth-order valence-corrected chi connectivity index (χ4v) is 1.79. The fourth-order valence-electron chi connectivity index (χ4n) is 1.79. The molecule has 0 saturated carbocycles. The van der Waals surface area contributed by atoms with Crippen LogP contribution in [0.15, 0.2) is 24.4 Å². The Labute approximate surface area is 123 Å². The smallest absolute Gasteiger partial charge is 0.328 e. The van der Waals surface area contributed by atoms with Gasteiger partial charge in [-0.1, -0.05) is 6.07 Å². The molecule has 21 heavy (non-hydrogen) atoms. The number of nitrogens with zero attached hydrogens (tertiary/aromatic N) is 3. The first-order valence-electron chi connectivity index (χ1n) is 6.51. The summed E-state index contributed by atoms with van der Waals surface area (Å²) in [6, 6.07) is 5.19. The van der Waals surface area contributed by atoms with Gasteiger partial charge in [-0.2, -0.15) is 5.26 Å². The van der Waals surface area contributed by atoms with E-state index in [1.54, 1.807) is 17.0 Å². The van der Waals surface area contributed by atoms with E-state index in [-0.39, 0.29) is 24.1 Å². The molecule has 1 amide bonds. The van der Waals surface area contributed by atoms with Gasteiger partial charge in [-0.15, -0.1) is 0 Å². The van der Waals surface area contributed by atoms with Crippen LogP contribution in [0.1, 0.15) is 36.3 Å². The van der Waals surface area contributed by atoms with Crippen LogP contribution in [0, 0.1) is 11.3 Å². The highest BCUT2D eigenvalue weighted by atomic mass is 16.4. The summed E-state index contributed by atoms with van der Waals surface area (Å²) in [6.45, 7) is 4.02. The van der Waals surface area contributed by atoms with Crippen molar-refractivity contribution in [2.75, 3.05) is 6.54 Å². The zero-order valence-electron chi connectivity index (χ0n) is 12.0. The molecule has 0 aliphatic heterocycles. The molecule has 6 nitrogen and oxygen atoms in total. The molecule has 1 aromatic heterocycles. The van der Waals surface area contributed by atoms with Crippen molar-refractivity contribution in [3.8, 4) is 6.07 Å². The Kier molecular flexibility index (Phi) is 6.08. The van der Waals surface area contributed by atoms with Crippen LogP contribution in [-0.2, 0) is 4.79 Å². The lowest BCUT2D eigenvalue weighted by atomic mass is 10.1. The zero-order valence-corrected chi connectivity index (χ0v) is 12.0. The maximum absolute atomic E-state index is 12.5. The molecule has 1 rings (SSSR count). The second kappa shape index (κ2) is 7.80. The minimum atomic E-state index is -1.09. The number of hydrogen-bond donors (Lipinski definition) is 1. The van der Waals surface area contributed by atoms with Crippen molar-refractivity contribution in [3.63, 3.8) is 0 Å². The average Bonchev–Trinajstić information content (AvgIpc) is 2.45. The molecular formula is C15H17N3O3. The van der Waals surface area contributed by atoms with Crippen molar-refractivity contribution in [1.82, 2.24) is 9.88 Å². The maximum Gasteiger partial charge on any atom is 0.328 e. The summed E-state index contributed by atoms with van der Waals surface area (Å²) in [7, 11) is 0. The molecule has 0 saturated heterocycles. The van der Waals surface area contributed by atoms with E-state index in [0.717, 1.165) is 6.08 Å². The van der Waals surface area contributed by atoms with E-state index in [0.29, 0.717) is 12.1 Å². The fraction of sp³-hybridized carbons (Fsp3) is 0.333. The normalized spacial score (nSPS) is 10.6. The van der Waals surface area contributed by atoms with Gasteiger partial charge in [0.2, 0.25) is 0 Å². The topological polar surface area (TPSA) is 94.3 Å². The average molecular weight is 287 g/mol. The molecular weight excluding hydrogens is 270 g/mol. The van der Waals surface area contributed by atoms with Crippen LogP contribution < -0.4 is 0 Å². The minimum absolute atomic E-state index is 0.0795. The monoisotopic (exact) mass is 287 g/mol. The van der Waals surface area contributed by atoms with Crippen molar-refractivity contribution in [1.29, 1.82) is 5.26 Å². The molecule has 6 heteroatoms. The molecule has 0 unspecified atom stereocenters. The molecule has 0 atom stereocenters. The highest BCUT2D eigenvalue weighted by Gasteiger charge is 2.21. The van der Waals surface area contributed by atoms with E-state index in [2.05, 4.69) is 4.98 Å². The first-order valence-corrected chi connectivity index (χ1v) is 6.51. The molecule has 0 bridgehead atoms. The molecule has 1 heterocycles. The third-order valence-corrected chi connectivity index (χ3v) is 2.80. The highest BCUT2D eigenvalue weighted by molar-refractivity contribution is 5.97. The van der Waals surface area contributed by atoms with E-state index in [1.165, 1.54) is 12.3 Å². The van der Waals surface area contributed by atoms with Crippen LogP contribution in [0.5, 0.6) is 0 Å². The lowest BCUT2D eigenvalue weighted by Crippen LogP contribution is -2.38. The van der Waals surface area contributed by atoms with Gasteiger partial charge in [0.05, 0.1) is 12.5 Å². The summed E-state index contributed by atoms with van der Waals surface area (Å²) in [4.78, 5) is 28.7. The molecule has 1 N–H and O–H groups in total. The summed E-state index contributed by atoms with van der Waals surface area (Å²) >= 11 is 0. The lowest BCUT2D eigenvalue weighted by molar-refractivity contribution is -0.131. The summed E-state index contributed by atoms with van der Waals surface area (Å²) in [5.74, 6) is -1.41. The summed E-state index contributed by atoms with van der Waals surface area (Å²) < 4.78 is 0. The van der Waals surface area contributed by atoms with Gasteiger partial charge in [0.15, 0.2) is 0 Å². The van der Waals surface area contributed by atoms with Crippen LogP contribution in [0.2, 0.25) is 0 Å². The first-order chi connectivity index (χ1) is 9.97. The minimum Gasteiger partial charge on any atom is -0.478 e. The second-order valence-electron chi connectivity index (χ2n) is 4.61. The maximum atomic E-state index is 12.5. The highest BCUT2D eigenvalue weighted by Crippen LogP contribution is 2.13. The van der Waals surface area contributed by atoms with E-state index >= 15 is 0 Å². The molecule has 1 aromatic rings. The van der Waals surface area contributed by atoms with Crippen molar-refractivity contribution >= 4 is 18.0 Å². The summed E-state index contributed by atoms with van der Waals surface area (Å²) in [5, 5.41) is 17.3. The standard InChI is InChI=1S/C15H17N3O3/c1-11(2)18(10-4-8-16)15(21)14-12(5-3-9-17-14)6-7-13(19)20/h3,5-7,9,11H,4,10H2,1-2H3,(H,19,20)/b7-6+. The van der Waals surface area contributed by atoms with Gasteiger partial charge in [0.1, 0.15) is 5.69 Å². The van der Waals surface area contributed by atoms with Crippen molar-refractivity contribution < 1.29 is 14.7 Å². The van der Waals surface area contributed by atoms with Gasteiger partial charge in [-0.05, 0) is 26.0 Å². The van der Waals surface area contributed by atoms with Crippen LogP contribution >= 0.6 is 0 Å². The van der Waals surface area contributed by atoms with Crippen molar-refractivity contribution in [2.24, 2.45) is 0 Å². The Morgan fingerprint density at radius 1 is 1.52 bits per heavy atom. The van der Waals surface area contributed by atoms with Gasteiger partial charge < -0.3 is 10.0 Å². The van der Waals surface area contributed by atoms with Crippen LogP contribution in [0.25, 0.3) is 6.08 Å². The number of carboxylic acids is 1. The Hall–Kier alpha value is -2.68. The number of hydrogen-bond acceptors (Lipinski definition) is 4. The largest absolute Gasteiger partial charge is 0.478 e. The van der Waals surface area contributed by atoms with Crippen molar-refractivity contribution in [2.45, 2.75) is 26.3 Å². The molecule has 0 fully saturated rings. The van der Waals surface area contributed by atoms with Gasteiger partial charge in [-0.3, -0.25) is 9.78 Å². The number of aliphatic carboxylic acids is 1. The predicted octanol–water partition coefficient (Wildman–Crippen LogP) is 1.94. The van der Waals surface area contributed by atoms with E-state index < -0.39 is 5.97 Å². The van der Waals surface area contributed by atoms with E-state index in [1.807, 2.05) is 19.9 Å². The van der Waals surface area contributed by atoms with Crippen LogP contribution in [0.3, 0.4) is 0 Å². The van der Waals surface area contributed by atoms with Gasteiger partial charge in [0.25, 0.3) is 5.91 Å². The number of pyridine rings is 1. The number of nitriles is 1. The molecule has 0 radical (unpaired) electrons. The first kappa shape index (κ1) is 16.4. The Morgan fingerprint density at radius 3 is 2.81 bits per heavy atom. The molecule has 0 aliphatic carbocycles. The predicted molar refractivity (Wildman–Crippen MR) is 77.3 cm³/mol. The zero-order chi connectivity index (χ0) is 15.8. The third kappa shape index (κ3) is 4.73. The van der Waals surface area contributed by atoms with Gasteiger partial charge >= 0.3 is 5.97 Å². The van der Waals surface area contributed by atoms with Gasteiger partial charge in [0, 0.05) is 30.4 Å². The second-order valence-corrected chi connectivity index (χ2v) is 4.61. The number of carbonyl (C=O) groups excluding carboxylic acids is 1. The molecule has 110 valence electrons. The van der Waals surface area contributed by atoms with E-state index in [4.69, 9.17) is 10.4 Å². The summed E-state index contributed by atoms with van der Waals surface area (Å²) in [6.07, 6.45) is 4.01. The van der Waals surface area contributed by atoms with Crippen LogP contribution in [-0.4, -0.2) is 39.5 Å². The SMILES string of the molecule is CC(C)N(CCC#N)C(=O)c1ncccc1/C=C/C(=O)O.